The highest BCUT2D eigenvalue weighted by Crippen LogP contribution is 2.55. The van der Waals surface area contributed by atoms with Gasteiger partial charge in [-0.05, 0) is 87.2 Å². The summed E-state index contributed by atoms with van der Waals surface area (Å²) in [7, 11) is 11.2. The summed E-state index contributed by atoms with van der Waals surface area (Å²) in [6, 6.07) is 11.1. The van der Waals surface area contributed by atoms with Crippen LogP contribution >= 0.6 is 0 Å². The number of methoxy groups -OCH3 is 1. The number of likely N-dealkylation sites (N-methyl/N-ethyl adjacent to an activating group) is 1. The summed E-state index contributed by atoms with van der Waals surface area (Å²) in [5.41, 5.74) is 4.20. The molecule has 1 heterocycles. The Morgan fingerprint density at radius 1 is 1.14 bits per heavy atom. The van der Waals surface area contributed by atoms with Crippen LogP contribution in [0, 0.1) is 29.1 Å². The van der Waals surface area contributed by atoms with Crippen LogP contribution < -0.4 is 25.6 Å². The molecule has 2 aromatic rings. The lowest BCUT2D eigenvalue weighted by atomic mass is 9.52. The Balaban J connectivity index is 1.50. The molecule has 11 nitrogen and oxygen atoms in total. The van der Waals surface area contributed by atoms with Crippen LogP contribution in [0.1, 0.15) is 62.9 Å². The van der Waals surface area contributed by atoms with E-state index in [4.69, 9.17) is 9.57 Å². The SMILES string of the molecule is CNC(=O)c1cc(-c2cccc(CN3O[C@@H](CO)[C@@H](C(C)NCCN(C)C)[C@H]3C(=O)N[C@H]3C4CC[C@@H]([C@@H]3C)C(C)(C)C4)c2OC)cc(N(C)C)c1. The lowest BCUT2D eigenvalue weighted by molar-refractivity contribution is -0.182. The highest BCUT2D eigenvalue weighted by Gasteiger charge is 2.54. The first-order valence-electron chi connectivity index (χ1n) is 18.6. The molecular formula is C40H62N6O5. The monoisotopic (exact) mass is 706 g/mol. The number of carbonyl (C=O) groups is 2. The van der Waals surface area contributed by atoms with Crippen LogP contribution in [-0.2, 0) is 16.2 Å². The minimum absolute atomic E-state index is 0.0524. The first-order chi connectivity index (χ1) is 24.2. The standard InChI is InChI=1S/C40H62N6O5/c1-24-32-15-14-26(21-40(32,3)4)35(24)43-39(49)36-34(25(2)42-16-17-44(6)7)33(23-47)51-46(36)22-27-12-11-13-31(37(27)50-10)28-18-29(38(48)41-5)20-30(19-28)45(8)9/h11-13,18-20,24-26,32-36,42,47H,14-17,21-23H2,1-10H3,(H,41,48)(H,43,49)/t24-,25?,26?,32-,33-,34+,35+,36-/m0/s1. The second-order valence-corrected chi connectivity index (χ2v) is 16.2. The number of nitrogens with zero attached hydrogens (tertiary/aromatic N) is 3. The Morgan fingerprint density at radius 3 is 2.49 bits per heavy atom. The van der Waals surface area contributed by atoms with Crippen molar-refractivity contribution < 1.29 is 24.3 Å². The summed E-state index contributed by atoms with van der Waals surface area (Å²) < 4.78 is 6.09. The lowest BCUT2D eigenvalue weighted by Crippen LogP contribution is -2.61. The number of rotatable bonds is 14. The number of fused-ring (bicyclic) bond motifs is 3. The van der Waals surface area contributed by atoms with E-state index in [0.717, 1.165) is 48.3 Å². The van der Waals surface area contributed by atoms with Gasteiger partial charge in [0.1, 0.15) is 17.9 Å². The maximum absolute atomic E-state index is 14.7. The van der Waals surface area contributed by atoms with Crippen LogP contribution in [0.25, 0.3) is 11.1 Å². The van der Waals surface area contributed by atoms with E-state index in [1.807, 2.05) is 69.5 Å². The Kier molecular flexibility index (Phi) is 12.4. The van der Waals surface area contributed by atoms with Gasteiger partial charge in [0.25, 0.3) is 5.91 Å². The third-order valence-corrected chi connectivity index (χ3v) is 11.9. The Hall–Kier alpha value is -3.22. The summed E-state index contributed by atoms with van der Waals surface area (Å²) in [5, 5.41) is 22.4. The van der Waals surface area contributed by atoms with Gasteiger partial charge in [0.2, 0.25) is 5.91 Å². The number of ether oxygens (including phenoxy) is 1. The zero-order valence-corrected chi connectivity index (χ0v) is 32.5. The number of hydroxylamine groups is 2. The van der Waals surface area contributed by atoms with E-state index in [9.17, 15) is 14.7 Å². The number of para-hydroxylation sites is 1. The lowest BCUT2D eigenvalue weighted by Gasteiger charge is -2.56. The number of amides is 2. The van der Waals surface area contributed by atoms with Crippen molar-refractivity contribution in [2.45, 2.75) is 77.7 Å². The fourth-order valence-electron chi connectivity index (χ4n) is 9.37. The van der Waals surface area contributed by atoms with Gasteiger partial charge in [-0.15, -0.1) is 0 Å². The van der Waals surface area contributed by atoms with Gasteiger partial charge in [0.05, 0.1) is 20.3 Å². The number of hydrogen-bond acceptors (Lipinski definition) is 9. The van der Waals surface area contributed by atoms with Crippen molar-refractivity contribution in [3.05, 3.63) is 47.5 Å². The van der Waals surface area contributed by atoms with Crippen LogP contribution in [0.15, 0.2) is 36.4 Å². The summed E-state index contributed by atoms with van der Waals surface area (Å²) in [6.45, 7) is 10.8. The van der Waals surface area contributed by atoms with Crippen LogP contribution in [-0.4, -0.2) is 113 Å². The maximum atomic E-state index is 14.7. The molecule has 3 aliphatic carbocycles. The van der Waals surface area contributed by atoms with Crippen molar-refractivity contribution in [1.82, 2.24) is 25.9 Å². The first-order valence-corrected chi connectivity index (χ1v) is 18.6. The van der Waals surface area contributed by atoms with Crippen LogP contribution in [0.2, 0.25) is 0 Å². The molecule has 8 atom stereocenters. The molecule has 282 valence electrons. The minimum Gasteiger partial charge on any atom is -0.496 e. The Bertz CT molecular complexity index is 1530. The van der Waals surface area contributed by atoms with Crippen molar-refractivity contribution in [2.75, 3.05) is 66.9 Å². The molecule has 4 N–H and O–H groups in total. The summed E-state index contributed by atoms with van der Waals surface area (Å²) in [5.74, 6) is 1.50. The van der Waals surface area contributed by atoms with Crippen molar-refractivity contribution in [3.8, 4) is 16.9 Å². The number of nitrogens with one attached hydrogen (secondary N) is 3. The van der Waals surface area contributed by atoms with Gasteiger partial charge >= 0.3 is 0 Å². The van der Waals surface area contributed by atoms with E-state index in [2.05, 4.69) is 48.5 Å². The number of anilines is 1. The average Bonchev–Trinajstić information content (AvgIpc) is 3.46. The average molecular weight is 707 g/mol. The van der Waals surface area contributed by atoms with Gasteiger partial charge in [-0.1, -0.05) is 39.0 Å². The van der Waals surface area contributed by atoms with E-state index in [1.165, 1.54) is 6.42 Å². The van der Waals surface area contributed by atoms with E-state index < -0.39 is 12.1 Å². The number of hydrogen-bond donors (Lipinski definition) is 4. The third kappa shape index (κ3) is 8.23. The van der Waals surface area contributed by atoms with E-state index in [1.54, 1.807) is 19.2 Å². The quantitative estimate of drug-likeness (QED) is 0.231. The van der Waals surface area contributed by atoms with Crippen molar-refractivity contribution in [3.63, 3.8) is 0 Å². The fraction of sp³-hybridized carbons (Fsp3) is 0.650. The molecule has 4 aliphatic rings. The molecule has 6 rings (SSSR count). The molecule has 51 heavy (non-hydrogen) atoms. The van der Waals surface area contributed by atoms with E-state index in [-0.39, 0.29) is 48.4 Å². The van der Waals surface area contributed by atoms with E-state index >= 15 is 0 Å². The predicted octanol–water partition coefficient (Wildman–Crippen LogP) is 4.00. The second kappa shape index (κ2) is 16.2. The predicted molar refractivity (Wildman–Crippen MR) is 203 cm³/mol. The van der Waals surface area contributed by atoms with Crippen LogP contribution in [0.3, 0.4) is 0 Å². The van der Waals surface area contributed by atoms with Crippen molar-refractivity contribution >= 4 is 17.5 Å². The number of benzene rings is 2. The van der Waals surface area contributed by atoms with E-state index in [0.29, 0.717) is 29.1 Å². The van der Waals surface area contributed by atoms with Crippen molar-refractivity contribution in [2.24, 2.45) is 29.1 Å². The Labute approximate surface area is 305 Å². The van der Waals surface area contributed by atoms with Crippen LogP contribution in [0.4, 0.5) is 5.69 Å². The number of carbonyl (C=O) groups excluding carboxylic acids is 2. The molecule has 0 spiro atoms. The highest BCUT2D eigenvalue weighted by molar-refractivity contribution is 5.97. The Morgan fingerprint density at radius 2 is 1.88 bits per heavy atom. The highest BCUT2D eigenvalue weighted by atomic mass is 16.7. The molecule has 0 aromatic heterocycles. The maximum Gasteiger partial charge on any atom is 0.251 e. The molecule has 2 unspecified atom stereocenters. The molecular weight excluding hydrogens is 644 g/mol. The molecule has 4 fully saturated rings. The summed E-state index contributed by atoms with van der Waals surface area (Å²) in [6.07, 6.45) is 2.90. The van der Waals surface area contributed by atoms with Gasteiger partial charge in [0.15, 0.2) is 0 Å². The first kappa shape index (κ1) is 39.0. The second-order valence-electron chi connectivity index (χ2n) is 16.2. The van der Waals surface area contributed by atoms with Crippen molar-refractivity contribution in [1.29, 1.82) is 0 Å². The zero-order chi connectivity index (χ0) is 37.2. The van der Waals surface area contributed by atoms with Gasteiger partial charge in [-0.3, -0.25) is 14.4 Å². The molecule has 11 heteroatoms. The summed E-state index contributed by atoms with van der Waals surface area (Å²) >= 11 is 0. The molecule has 1 saturated heterocycles. The topological polar surface area (TPSA) is 119 Å². The smallest absolute Gasteiger partial charge is 0.251 e. The molecule has 3 saturated carbocycles. The number of aliphatic hydroxyl groups excluding tert-OH is 1. The zero-order valence-electron chi connectivity index (χ0n) is 32.5. The minimum atomic E-state index is -0.644. The van der Waals surface area contributed by atoms with Gasteiger partial charge in [-0.25, -0.2) is 0 Å². The third-order valence-electron chi connectivity index (χ3n) is 11.9. The fourth-order valence-corrected chi connectivity index (χ4v) is 9.37. The largest absolute Gasteiger partial charge is 0.496 e. The molecule has 2 amide bonds. The summed E-state index contributed by atoms with van der Waals surface area (Å²) in [4.78, 5) is 38.1. The van der Waals surface area contributed by atoms with Crippen LogP contribution in [0.5, 0.6) is 5.75 Å². The molecule has 2 aromatic carbocycles. The van der Waals surface area contributed by atoms with Gasteiger partial charge < -0.3 is 35.6 Å². The van der Waals surface area contributed by atoms with Gasteiger partial charge in [-0.2, -0.15) is 5.06 Å². The molecule has 1 aliphatic heterocycles. The molecule has 0 radical (unpaired) electrons. The van der Waals surface area contributed by atoms with Gasteiger partial charge in [0, 0.05) is 74.6 Å². The number of aliphatic hydroxyl groups is 1. The normalized spacial score (nSPS) is 27.7. The molecule has 2 bridgehead atoms.